The van der Waals surface area contributed by atoms with Crippen molar-refractivity contribution in [2.24, 2.45) is 5.92 Å². The molecule has 0 radical (unpaired) electrons. The predicted octanol–water partition coefficient (Wildman–Crippen LogP) is 4.25. The molecular formula is C22H32N4O2. The lowest BCUT2D eigenvalue weighted by molar-refractivity contribution is -0.101. The quantitative estimate of drug-likeness (QED) is 0.749. The van der Waals surface area contributed by atoms with Crippen LogP contribution in [-0.4, -0.2) is 46.2 Å². The number of anilines is 1. The predicted molar refractivity (Wildman–Crippen MR) is 111 cm³/mol. The highest BCUT2D eigenvalue weighted by atomic mass is 16.5. The maximum Gasteiger partial charge on any atom is 0.273 e. The van der Waals surface area contributed by atoms with E-state index < -0.39 is 0 Å². The standard InChI is InChI=1S/C22H32N4O2/c1-5-26(6-2)18-13-20(15(3)4)28-21(14-18)16-7-9-17(10-8-16)24-22(27)19-11-12-23-25-19/h7-12,15,18,20-21H,5-6,13-14H2,1-4H3,(H,23,25)(H,24,27)/t18-,20-,21+/m1/s1. The Kier molecular flexibility index (Phi) is 6.86. The van der Waals surface area contributed by atoms with E-state index >= 15 is 0 Å². The third-order valence-corrected chi connectivity index (χ3v) is 5.69. The fourth-order valence-electron chi connectivity index (χ4n) is 3.98. The molecule has 1 aromatic heterocycles. The number of aromatic amines is 1. The van der Waals surface area contributed by atoms with E-state index in [9.17, 15) is 4.79 Å². The fraction of sp³-hybridized carbons (Fsp3) is 0.545. The highest BCUT2D eigenvalue weighted by Crippen LogP contribution is 2.36. The SMILES string of the molecule is CCN(CC)[C@H]1C[C@@H](c2ccc(NC(=O)c3ccn[nH]3)cc2)O[C@@H](C(C)C)C1. The molecule has 1 aliphatic heterocycles. The molecule has 1 amide bonds. The summed E-state index contributed by atoms with van der Waals surface area (Å²) in [5.74, 6) is 0.300. The number of benzene rings is 1. The summed E-state index contributed by atoms with van der Waals surface area (Å²) in [6.45, 7) is 11.1. The van der Waals surface area contributed by atoms with Gasteiger partial charge in [-0.15, -0.1) is 0 Å². The summed E-state index contributed by atoms with van der Waals surface area (Å²) in [7, 11) is 0. The van der Waals surface area contributed by atoms with Gasteiger partial charge in [-0.1, -0.05) is 39.8 Å². The van der Waals surface area contributed by atoms with Crippen molar-refractivity contribution in [1.82, 2.24) is 15.1 Å². The first-order valence-corrected chi connectivity index (χ1v) is 10.3. The molecule has 6 heteroatoms. The Hall–Kier alpha value is -2.18. The molecule has 2 aromatic rings. The van der Waals surface area contributed by atoms with Crippen molar-refractivity contribution in [2.75, 3.05) is 18.4 Å². The number of carbonyl (C=O) groups is 1. The average molecular weight is 385 g/mol. The van der Waals surface area contributed by atoms with Crippen LogP contribution >= 0.6 is 0 Å². The molecule has 0 bridgehead atoms. The second kappa shape index (κ2) is 9.34. The number of carbonyl (C=O) groups excluding carboxylic acids is 1. The largest absolute Gasteiger partial charge is 0.370 e. The van der Waals surface area contributed by atoms with Gasteiger partial charge in [0.15, 0.2) is 0 Å². The summed E-state index contributed by atoms with van der Waals surface area (Å²) < 4.78 is 6.46. The van der Waals surface area contributed by atoms with Gasteiger partial charge in [-0.05, 0) is 55.6 Å². The molecule has 0 unspecified atom stereocenters. The van der Waals surface area contributed by atoms with E-state index in [0.717, 1.165) is 31.6 Å². The summed E-state index contributed by atoms with van der Waals surface area (Å²) in [5, 5.41) is 9.37. The molecule has 2 N–H and O–H groups in total. The topological polar surface area (TPSA) is 70.2 Å². The lowest BCUT2D eigenvalue weighted by Gasteiger charge is -2.42. The first kappa shape index (κ1) is 20.6. The Morgan fingerprint density at radius 2 is 1.93 bits per heavy atom. The van der Waals surface area contributed by atoms with Crippen LogP contribution in [-0.2, 0) is 4.74 Å². The molecule has 6 nitrogen and oxygen atoms in total. The van der Waals surface area contributed by atoms with E-state index in [2.05, 4.69) is 60.2 Å². The summed E-state index contributed by atoms with van der Waals surface area (Å²) >= 11 is 0. The normalized spacial score (nSPS) is 22.6. The minimum Gasteiger partial charge on any atom is -0.370 e. The monoisotopic (exact) mass is 384 g/mol. The van der Waals surface area contributed by atoms with Crippen molar-refractivity contribution in [3.8, 4) is 0 Å². The van der Waals surface area contributed by atoms with Gasteiger partial charge in [-0.3, -0.25) is 9.89 Å². The molecular weight excluding hydrogens is 352 g/mol. The molecule has 0 saturated carbocycles. The van der Waals surface area contributed by atoms with Crippen LogP contribution in [0.1, 0.15) is 62.7 Å². The van der Waals surface area contributed by atoms with E-state index in [4.69, 9.17) is 4.74 Å². The molecule has 0 spiro atoms. The molecule has 28 heavy (non-hydrogen) atoms. The highest BCUT2D eigenvalue weighted by Gasteiger charge is 2.34. The molecule has 1 saturated heterocycles. The molecule has 1 fully saturated rings. The zero-order chi connectivity index (χ0) is 20.1. The van der Waals surface area contributed by atoms with Gasteiger partial charge in [0.25, 0.3) is 5.91 Å². The summed E-state index contributed by atoms with van der Waals surface area (Å²) in [5.41, 5.74) is 2.38. The first-order valence-electron chi connectivity index (χ1n) is 10.3. The van der Waals surface area contributed by atoms with Crippen LogP contribution in [0.2, 0.25) is 0 Å². The molecule has 1 aliphatic rings. The van der Waals surface area contributed by atoms with Crippen molar-refractivity contribution >= 4 is 11.6 Å². The van der Waals surface area contributed by atoms with Gasteiger partial charge >= 0.3 is 0 Å². The Morgan fingerprint density at radius 1 is 1.21 bits per heavy atom. The van der Waals surface area contributed by atoms with Crippen molar-refractivity contribution in [3.05, 3.63) is 47.8 Å². The molecule has 1 aromatic carbocycles. The van der Waals surface area contributed by atoms with E-state index in [1.165, 1.54) is 5.56 Å². The number of nitrogens with zero attached hydrogens (tertiary/aromatic N) is 2. The third-order valence-electron chi connectivity index (χ3n) is 5.69. The Bertz CT molecular complexity index is 738. The lowest BCUT2D eigenvalue weighted by Crippen LogP contribution is -2.44. The number of hydrogen-bond acceptors (Lipinski definition) is 4. The minimum atomic E-state index is -0.194. The molecule has 3 atom stereocenters. The average Bonchev–Trinajstić information content (AvgIpc) is 3.24. The third kappa shape index (κ3) is 4.80. The van der Waals surface area contributed by atoms with E-state index in [1.54, 1.807) is 12.3 Å². The van der Waals surface area contributed by atoms with E-state index in [0.29, 0.717) is 17.7 Å². The number of aromatic nitrogens is 2. The van der Waals surface area contributed by atoms with Gasteiger partial charge in [0.2, 0.25) is 0 Å². The zero-order valence-corrected chi connectivity index (χ0v) is 17.3. The van der Waals surface area contributed by atoms with E-state index in [-0.39, 0.29) is 18.1 Å². The maximum absolute atomic E-state index is 12.2. The molecule has 0 aliphatic carbocycles. The van der Waals surface area contributed by atoms with Gasteiger partial charge in [0.05, 0.1) is 12.2 Å². The second-order valence-corrected chi connectivity index (χ2v) is 7.80. The molecule has 3 rings (SSSR count). The Balaban J connectivity index is 1.71. The van der Waals surface area contributed by atoms with Crippen molar-refractivity contribution in [1.29, 1.82) is 0 Å². The lowest BCUT2D eigenvalue weighted by atomic mass is 9.89. The van der Waals surface area contributed by atoms with Crippen LogP contribution in [0.5, 0.6) is 0 Å². The van der Waals surface area contributed by atoms with Crippen LogP contribution in [0.4, 0.5) is 5.69 Å². The van der Waals surface area contributed by atoms with Crippen molar-refractivity contribution < 1.29 is 9.53 Å². The van der Waals surface area contributed by atoms with Gasteiger partial charge in [-0.25, -0.2) is 0 Å². The number of hydrogen-bond donors (Lipinski definition) is 2. The first-order chi connectivity index (χ1) is 13.5. The van der Waals surface area contributed by atoms with Gasteiger partial charge in [0, 0.05) is 17.9 Å². The number of nitrogens with one attached hydrogen (secondary N) is 2. The Morgan fingerprint density at radius 3 is 2.50 bits per heavy atom. The maximum atomic E-state index is 12.2. The number of ether oxygens (including phenoxy) is 1. The van der Waals surface area contributed by atoms with Crippen molar-refractivity contribution in [3.63, 3.8) is 0 Å². The number of H-pyrrole nitrogens is 1. The highest BCUT2D eigenvalue weighted by molar-refractivity contribution is 6.02. The van der Waals surface area contributed by atoms with E-state index in [1.807, 2.05) is 12.1 Å². The molecule has 2 heterocycles. The van der Waals surface area contributed by atoms with Gasteiger partial charge in [-0.2, -0.15) is 5.10 Å². The fourth-order valence-corrected chi connectivity index (χ4v) is 3.98. The summed E-state index contributed by atoms with van der Waals surface area (Å²) in [6.07, 6.45) is 4.02. The Labute approximate surface area is 167 Å². The van der Waals surface area contributed by atoms with Crippen LogP contribution < -0.4 is 5.32 Å². The van der Waals surface area contributed by atoms with Crippen LogP contribution in [0, 0.1) is 5.92 Å². The van der Waals surface area contributed by atoms with Crippen LogP contribution in [0.15, 0.2) is 36.5 Å². The number of amides is 1. The smallest absolute Gasteiger partial charge is 0.273 e. The second-order valence-electron chi connectivity index (χ2n) is 7.80. The van der Waals surface area contributed by atoms with Crippen LogP contribution in [0.3, 0.4) is 0 Å². The number of rotatable bonds is 7. The zero-order valence-electron chi connectivity index (χ0n) is 17.3. The van der Waals surface area contributed by atoms with Crippen molar-refractivity contribution in [2.45, 2.75) is 58.8 Å². The summed E-state index contributed by atoms with van der Waals surface area (Å²) in [4.78, 5) is 14.7. The molecule has 152 valence electrons. The van der Waals surface area contributed by atoms with Gasteiger partial charge < -0.3 is 15.0 Å². The van der Waals surface area contributed by atoms with Crippen LogP contribution in [0.25, 0.3) is 0 Å². The summed E-state index contributed by atoms with van der Waals surface area (Å²) in [6, 6.07) is 10.2. The minimum absolute atomic E-state index is 0.0871. The van der Waals surface area contributed by atoms with Gasteiger partial charge in [0.1, 0.15) is 5.69 Å².